The standard InChI is InChI=1S/C23H45NO3.Na/c1-4-5-6-7-8-9-10-11-12-13-14-15-16-17-18-19-21(25)24-22(20(2)3)23(26)27;/h20,22H,4-19H2,1-3H3,(H,24,25)(H,26,27);/q;+1/p-1/t22-;/m1./s1. The summed E-state index contributed by atoms with van der Waals surface area (Å²) in [5, 5.41) is 13.5. The largest absolute Gasteiger partial charge is 1.00 e. The Morgan fingerprint density at radius 3 is 1.39 bits per heavy atom. The molecule has 0 bridgehead atoms. The molecular weight excluding hydrogens is 361 g/mol. The van der Waals surface area contributed by atoms with Gasteiger partial charge in [-0.1, -0.05) is 111 Å². The summed E-state index contributed by atoms with van der Waals surface area (Å²) in [5.41, 5.74) is 0. The van der Waals surface area contributed by atoms with E-state index in [2.05, 4.69) is 12.2 Å². The molecule has 0 unspecified atom stereocenters. The van der Waals surface area contributed by atoms with Gasteiger partial charge in [0.25, 0.3) is 0 Å². The smallest absolute Gasteiger partial charge is 0.548 e. The van der Waals surface area contributed by atoms with Gasteiger partial charge in [0, 0.05) is 6.42 Å². The third kappa shape index (κ3) is 19.3. The van der Waals surface area contributed by atoms with Crippen molar-refractivity contribution in [1.82, 2.24) is 5.32 Å². The van der Waals surface area contributed by atoms with E-state index in [1.54, 1.807) is 13.8 Å². The maximum absolute atomic E-state index is 11.8. The summed E-state index contributed by atoms with van der Waals surface area (Å²) in [7, 11) is 0. The molecule has 0 fully saturated rings. The average molecular weight is 406 g/mol. The van der Waals surface area contributed by atoms with Crippen molar-refractivity contribution in [3.05, 3.63) is 0 Å². The second kappa shape index (κ2) is 21.6. The molecule has 0 saturated heterocycles. The average Bonchev–Trinajstić information content (AvgIpc) is 2.62. The van der Waals surface area contributed by atoms with E-state index in [0.29, 0.717) is 6.42 Å². The molecule has 160 valence electrons. The first kappa shape index (κ1) is 30.1. The predicted molar refractivity (Wildman–Crippen MR) is 111 cm³/mol. The summed E-state index contributed by atoms with van der Waals surface area (Å²) < 4.78 is 0. The summed E-state index contributed by atoms with van der Waals surface area (Å²) in [4.78, 5) is 22.8. The second-order valence-corrected chi connectivity index (χ2v) is 8.31. The van der Waals surface area contributed by atoms with E-state index >= 15 is 0 Å². The van der Waals surface area contributed by atoms with Gasteiger partial charge >= 0.3 is 29.6 Å². The zero-order valence-corrected chi connectivity index (χ0v) is 21.2. The molecule has 0 aliphatic carbocycles. The van der Waals surface area contributed by atoms with Crippen molar-refractivity contribution < 1.29 is 44.3 Å². The fourth-order valence-electron chi connectivity index (χ4n) is 3.40. The topological polar surface area (TPSA) is 69.2 Å². The number of carbonyl (C=O) groups is 2. The van der Waals surface area contributed by atoms with Crippen molar-refractivity contribution in [2.75, 3.05) is 0 Å². The number of hydrogen-bond donors (Lipinski definition) is 1. The SMILES string of the molecule is CCCCCCCCCCCCCCCCCC(=O)N[C@@H](C(=O)[O-])C(C)C.[Na+]. The quantitative estimate of drug-likeness (QED) is 0.264. The Balaban J connectivity index is 0. The van der Waals surface area contributed by atoms with Gasteiger partial charge in [0.1, 0.15) is 0 Å². The van der Waals surface area contributed by atoms with Crippen LogP contribution < -0.4 is 40.0 Å². The third-order valence-corrected chi connectivity index (χ3v) is 5.24. The summed E-state index contributed by atoms with van der Waals surface area (Å²) in [6, 6.07) is -0.881. The van der Waals surface area contributed by atoms with E-state index in [0.717, 1.165) is 12.8 Å². The molecule has 28 heavy (non-hydrogen) atoms. The number of rotatable bonds is 19. The van der Waals surface area contributed by atoms with Crippen LogP contribution in [0.1, 0.15) is 124 Å². The Bertz CT molecular complexity index is 375. The molecule has 0 aliphatic heterocycles. The summed E-state index contributed by atoms with van der Waals surface area (Å²) >= 11 is 0. The van der Waals surface area contributed by atoms with Gasteiger partial charge in [-0.25, -0.2) is 0 Å². The normalized spacial score (nSPS) is 11.9. The number of carbonyl (C=O) groups excluding carboxylic acids is 2. The molecule has 1 N–H and O–H groups in total. The van der Waals surface area contributed by atoms with Gasteiger partial charge in [0.15, 0.2) is 0 Å². The first-order valence-corrected chi connectivity index (χ1v) is 11.5. The molecule has 0 aromatic heterocycles. The Kier molecular flexibility index (Phi) is 23.3. The van der Waals surface area contributed by atoms with Crippen LogP contribution in [0.4, 0.5) is 0 Å². The van der Waals surface area contributed by atoms with Gasteiger partial charge in [0.05, 0.1) is 12.0 Å². The molecule has 0 radical (unpaired) electrons. The minimum Gasteiger partial charge on any atom is -0.548 e. The molecule has 4 nitrogen and oxygen atoms in total. The van der Waals surface area contributed by atoms with Crippen molar-refractivity contribution in [1.29, 1.82) is 0 Å². The van der Waals surface area contributed by atoms with Gasteiger partial charge in [0.2, 0.25) is 5.91 Å². The maximum Gasteiger partial charge on any atom is 1.00 e. The van der Waals surface area contributed by atoms with Crippen LogP contribution in [0.2, 0.25) is 0 Å². The molecule has 0 aromatic carbocycles. The van der Waals surface area contributed by atoms with Crippen LogP contribution >= 0.6 is 0 Å². The van der Waals surface area contributed by atoms with Crippen molar-refractivity contribution >= 4 is 11.9 Å². The van der Waals surface area contributed by atoms with Gasteiger partial charge in [-0.05, 0) is 12.3 Å². The molecule has 0 aromatic rings. The number of aliphatic carboxylic acids is 1. The van der Waals surface area contributed by atoms with Crippen molar-refractivity contribution in [3.8, 4) is 0 Å². The van der Waals surface area contributed by atoms with E-state index in [1.165, 1.54) is 83.5 Å². The molecule has 5 heteroatoms. The van der Waals surface area contributed by atoms with Crippen LogP contribution in [0.5, 0.6) is 0 Å². The summed E-state index contributed by atoms with van der Waals surface area (Å²) in [6.45, 7) is 5.81. The summed E-state index contributed by atoms with van der Waals surface area (Å²) in [6.07, 6.45) is 19.8. The van der Waals surface area contributed by atoms with Crippen molar-refractivity contribution in [2.45, 2.75) is 130 Å². The van der Waals surface area contributed by atoms with Crippen LogP contribution in [0.3, 0.4) is 0 Å². The molecule has 1 atom stereocenters. The first-order chi connectivity index (χ1) is 13.0. The van der Waals surface area contributed by atoms with Crippen LogP contribution in [0, 0.1) is 5.92 Å². The van der Waals surface area contributed by atoms with E-state index in [-0.39, 0.29) is 41.4 Å². The van der Waals surface area contributed by atoms with Crippen LogP contribution in [-0.4, -0.2) is 17.9 Å². The minimum absolute atomic E-state index is 0. The Morgan fingerprint density at radius 1 is 0.714 bits per heavy atom. The van der Waals surface area contributed by atoms with E-state index in [1.807, 2.05) is 0 Å². The predicted octanol–water partition coefficient (Wildman–Crippen LogP) is 2.14. The van der Waals surface area contributed by atoms with Crippen LogP contribution in [0.25, 0.3) is 0 Å². The fraction of sp³-hybridized carbons (Fsp3) is 0.913. The number of amides is 1. The molecule has 1 amide bonds. The second-order valence-electron chi connectivity index (χ2n) is 8.31. The van der Waals surface area contributed by atoms with Gasteiger partial charge < -0.3 is 15.2 Å². The van der Waals surface area contributed by atoms with Crippen LogP contribution in [0.15, 0.2) is 0 Å². The molecule has 0 heterocycles. The number of carboxylic acid groups (broad SMARTS) is 1. The van der Waals surface area contributed by atoms with Crippen LogP contribution in [-0.2, 0) is 9.59 Å². The zero-order valence-electron chi connectivity index (χ0n) is 19.2. The molecule has 0 saturated carbocycles. The van der Waals surface area contributed by atoms with Gasteiger partial charge in [-0.2, -0.15) is 0 Å². The Labute approximate surface area is 196 Å². The van der Waals surface area contributed by atoms with Crippen molar-refractivity contribution in [3.63, 3.8) is 0 Å². The molecule has 0 aliphatic rings. The first-order valence-electron chi connectivity index (χ1n) is 11.5. The fourth-order valence-corrected chi connectivity index (χ4v) is 3.40. The molecular formula is C23H44NNaO3. The van der Waals surface area contributed by atoms with E-state index < -0.39 is 12.0 Å². The van der Waals surface area contributed by atoms with Crippen molar-refractivity contribution in [2.24, 2.45) is 5.92 Å². The number of nitrogens with one attached hydrogen (secondary N) is 1. The van der Waals surface area contributed by atoms with Gasteiger partial charge in [-0.15, -0.1) is 0 Å². The monoisotopic (exact) mass is 405 g/mol. The van der Waals surface area contributed by atoms with E-state index in [9.17, 15) is 14.7 Å². The third-order valence-electron chi connectivity index (χ3n) is 5.24. The summed E-state index contributed by atoms with van der Waals surface area (Å²) in [5.74, 6) is -1.53. The number of unbranched alkanes of at least 4 members (excludes halogenated alkanes) is 14. The molecule has 0 spiro atoms. The Morgan fingerprint density at radius 2 is 1.07 bits per heavy atom. The molecule has 0 rings (SSSR count). The van der Waals surface area contributed by atoms with Gasteiger partial charge in [-0.3, -0.25) is 4.79 Å². The Hall–Kier alpha value is -0.0600. The maximum atomic E-state index is 11.8. The van der Waals surface area contributed by atoms with E-state index in [4.69, 9.17) is 0 Å². The zero-order chi connectivity index (χ0) is 20.3. The number of carboxylic acids is 1. The number of hydrogen-bond acceptors (Lipinski definition) is 3. The minimum atomic E-state index is -1.20.